The molecule has 21 heavy (non-hydrogen) atoms. The lowest BCUT2D eigenvalue weighted by Crippen LogP contribution is -2.37. The van der Waals surface area contributed by atoms with Gasteiger partial charge in [-0.15, -0.1) is 0 Å². The van der Waals surface area contributed by atoms with E-state index in [0.717, 1.165) is 5.56 Å². The molecule has 0 aromatic carbocycles. The van der Waals surface area contributed by atoms with Gasteiger partial charge < -0.3 is 9.84 Å². The number of rotatable bonds is 4. The third-order valence-electron chi connectivity index (χ3n) is 3.80. The highest BCUT2D eigenvalue weighted by molar-refractivity contribution is 5.89. The first-order valence-corrected chi connectivity index (χ1v) is 7.15. The molecular formula is C15H18N4O2. The highest BCUT2D eigenvalue weighted by Crippen LogP contribution is 2.37. The molecule has 2 aromatic rings. The van der Waals surface area contributed by atoms with Crippen LogP contribution >= 0.6 is 0 Å². The Balaban J connectivity index is 1.98. The summed E-state index contributed by atoms with van der Waals surface area (Å²) < 4.78 is 5.44. The molecule has 1 aliphatic rings. The minimum absolute atomic E-state index is 0.0128. The van der Waals surface area contributed by atoms with Gasteiger partial charge in [0.2, 0.25) is 17.6 Å². The highest BCUT2D eigenvalue weighted by atomic mass is 16.5. The van der Waals surface area contributed by atoms with Crippen molar-refractivity contribution in [3.8, 4) is 11.4 Å². The molecule has 1 aliphatic heterocycles. The second kappa shape index (κ2) is 5.27. The molecule has 0 radical (unpaired) electrons. The predicted octanol–water partition coefficient (Wildman–Crippen LogP) is 1.94. The molecule has 3 rings (SSSR count). The quantitative estimate of drug-likeness (QED) is 0.929. The molecular weight excluding hydrogens is 268 g/mol. The first-order chi connectivity index (χ1) is 10.1. The van der Waals surface area contributed by atoms with Gasteiger partial charge in [0, 0.05) is 24.5 Å². The fourth-order valence-corrected chi connectivity index (χ4v) is 2.89. The zero-order chi connectivity index (χ0) is 14.9. The minimum Gasteiger partial charge on any atom is -0.355 e. The van der Waals surface area contributed by atoms with Crippen LogP contribution in [-0.2, 0) is 10.2 Å². The van der Waals surface area contributed by atoms with E-state index in [2.05, 4.69) is 34.3 Å². The molecule has 1 atom stereocenters. The Bertz CT molecular complexity index is 638. The van der Waals surface area contributed by atoms with Crippen LogP contribution in [0.4, 0.5) is 0 Å². The topological polar surface area (TPSA) is 80.9 Å². The van der Waals surface area contributed by atoms with E-state index in [9.17, 15) is 4.79 Å². The van der Waals surface area contributed by atoms with Crippen LogP contribution in [0.15, 0.2) is 29.0 Å². The second-order valence-electron chi connectivity index (χ2n) is 5.85. The zero-order valence-corrected chi connectivity index (χ0v) is 12.2. The summed E-state index contributed by atoms with van der Waals surface area (Å²) in [5, 5.41) is 6.91. The Kier molecular flexibility index (Phi) is 3.45. The Morgan fingerprint density at radius 3 is 2.76 bits per heavy atom. The lowest BCUT2D eigenvalue weighted by atomic mass is 9.78. The van der Waals surface area contributed by atoms with Crippen molar-refractivity contribution >= 4 is 5.91 Å². The molecule has 6 heteroatoms. The van der Waals surface area contributed by atoms with E-state index in [1.54, 1.807) is 12.4 Å². The summed E-state index contributed by atoms with van der Waals surface area (Å²) in [6.45, 7) is 4.83. The smallest absolute Gasteiger partial charge is 0.242 e. The van der Waals surface area contributed by atoms with Crippen LogP contribution < -0.4 is 5.32 Å². The summed E-state index contributed by atoms with van der Waals surface area (Å²) in [5.74, 6) is 1.26. The number of pyridine rings is 1. The standard InChI is InChI=1S/C15H18N4O2/c1-10(2)9-15(5-8-17-13(15)20)14-18-12(19-21-14)11-3-6-16-7-4-11/h3-4,6-7,10H,5,8-9H2,1-2H3,(H,17,20). The number of carbonyl (C=O) groups excluding carboxylic acids is 1. The lowest BCUT2D eigenvalue weighted by Gasteiger charge is -2.23. The molecule has 6 nitrogen and oxygen atoms in total. The van der Waals surface area contributed by atoms with Crippen molar-refractivity contribution in [2.45, 2.75) is 32.1 Å². The maximum absolute atomic E-state index is 12.3. The van der Waals surface area contributed by atoms with E-state index in [1.165, 1.54) is 0 Å². The summed E-state index contributed by atoms with van der Waals surface area (Å²) in [6.07, 6.45) is 4.76. The minimum atomic E-state index is -0.688. The zero-order valence-electron chi connectivity index (χ0n) is 12.2. The van der Waals surface area contributed by atoms with Crippen molar-refractivity contribution in [3.63, 3.8) is 0 Å². The Morgan fingerprint density at radius 1 is 1.38 bits per heavy atom. The molecule has 0 aliphatic carbocycles. The number of hydrogen-bond acceptors (Lipinski definition) is 5. The van der Waals surface area contributed by atoms with Crippen LogP contribution in [0.2, 0.25) is 0 Å². The van der Waals surface area contributed by atoms with Crippen molar-refractivity contribution in [2.75, 3.05) is 6.54 Å². The molecule has 0 saturated carbocycles. The number of hydrogen-bond donors (Lipinski definition) is 1. The fraction of sp³-hybridized carbons (Fsp3) is 0.467. The molecule has 1 fully saturated rings. The molecule has 0 spiro atoms. The van der Waals surface area contributed by atoms with Gasteiger partial charge in [-0.1, -0.05) is 19.0 Å². The largest absolute Gasteiger partial charge is 0.355 e. The van der Waals surface area contributed by atoms with E-state index in [-0.39, 0.29) is 5.91 Å². The molecule has 1 unspecified atom stereocenters. The number of carbonyl (C=O) groups is 1. The molecule has 1 saturated heterocycles. The average Bonchev–Trinajstić information content (AvgIpc) is 3.08. The van der Waals surface area contributed by atoms with Crippen molar-refractivity contribution < 1.29 is 9.32 Å². The molecule has 2 aromatic heterocycles. The van der Waals surface area contributed by atoms with Crippen molar-refractivity contribution in [3.05, 3.63) is 30.4 Å². The molecule has 3 heterocycles. The summed E-state index contributed by atoms with van der Waals surface area (Å²) in [5.41, 5.74) is 0.144. The summed E-state index contributed by atoms with van der Waals surface area (Å²) in [4.78, 5) is 20.8. The summed E-state index contributed by atoms with van der Waals surface area (Å²) in [7, 11) is 0. The van der Waals surface area contributed by atoms with Gasteiger partial charge in [-0.2, -0.15) is 4.98 Å². The molecule has 110 valence electrons. The summed E-state index contributed by atoms with van der Waals surface area (Å²) in [6, 6.07) is 3.64. The molecule has 1 amide bonds. The van der Waals surface area contributed by atoms with Crippen LogP contribution in [0.25, 0.3) is 11.4 Å². The first-order valence-electron chi connectivity index (χ1n) is 7.15. The Morgan fingerprint density at radius 2 is 2.14 bits per heavy atom. The van der Waals surface area contributed by atoms with E-state index in [4.69, 9.17) is 4.52 Å². The normalized spacial score (nSPS) is 21.8. The number of aromatic nitrogens is 3. The fourth-order valence-electron chi connectivity index (χ4n) is 2.89. The van der Waals surface area contributed by atoms with Gasteiger partial charge in [0.15, 0.2) is 0 Å². The van der Waals surface area contributed by atoms with Crippen LogP contribution in [0, 0.1) is 5.92 Å². The van der Waals surface area contributed by atoms with Crippen molar-refractivity contribution in [1.82, 2.24) is 20.4 Å². The van der Waals surface area contributed by atoms with Gasteiger partial charge >= 0.3 is 0 Å². The number of nitrogens with one attached hydrogen (secondary N) is 1. The predicted molar refractivity (Wildman–Crippen MR) is 76.3 cm³/mol. The van der Waals surface area contributed by atoms with Gasteiger partial charge in [-0.25, -0.2) is 0 Å². The van der Waals surface area contributed by atoms with Gasteiger partial charge in [-0.3, -0.25) is 9.78 Å². The van der Waals surface area contributed by atoms with Gasteiger partial charge in [-0.05, 0) is 30.9 Å². The summed E-state index contributed by atoms with van der Waals surface area (Å²) >= 11 is 0. The van der Waals surface area contributed by atoms with Gasteiger partial charge in [0.1, 0.15) is 5.41 Å². The van der Waals surface area contributed by atoms with Crippen molar-refractivity contribution in [2.24, 2.45) is 5.92 Å². The maximum atomic E-state index is 12.3. The van der Waals surface area contributed by atoms with Gasteiger partial charge in [0.25, 0.3) is 0 Å². The lowest BCUT2D eigenvalue weighted by molar-refractivity contribution is -0.125. The average molecular weight is 286 g/mol. The van der Waals surface area contributed by atoms with E-state index in [1.807, 2.05) is 12.1 Å². The second-order valence-corrected chi connectivity index (χ2v) is 5.85. The number of nitrogens with zero attached hydrogens (tertiary/aromatic N) is 3. The van der Waals surface area contributed by atoms with E-state index in [0.29, 0.717) is 37.0 Å². The Labute approximate surface area is 123 Å². The van der Waals surface area contributed by atoms with Crippen LogP contribution in [0.3, 0.4) is 0 Å². The highest BCUT2D eigenvalue weighted by Gasteiger charge is 2.48. The maximum Gasteiger partial charge on any atom is 0.242 e. The monoisotopic (exact) mass is 286 g/mol. The SMILES string of the molecule is CC(C)CC1(c2nc(-c3ccncc3)no2)CCNC1=O. The van der Waals surface area contributed by atoms with E-state index < -0.39 is 5.41 Å². The third-order valence-corrected chi connectivity index (χ3v) is 3.80. The van der Waals surface area contributed by atoms with Crippen molar-refractivity contribution in [1.29, 1.82) is 0 Å². The molecule has 0 bridgehead atoms. The Hall–Kier alpha value is -2.24. The van der Waals surface area contributed by atoms with Crippen LogP contribution in [-0.4, -0.2) is 27.6 Å². The van der Waals surface area contributed by atoms with Crippen LogP contribution in [0.5, 0.6) is 0 Å². The molecule has 1 N–H and O–H groups in total. The van der Waals surface area contributed by atoms with Gasteiger partial charge in [0.05, 0.1) is 0 Å². The first kappa shape index (κ1) is 13.7. The van der Waals surface area contributed by atoms with Crippen LogP contribution in [0.1, 0.15) is 32.6 Å². The van der Waals surface area contributed by atoms with E-state index >= 15 is 0 Å². The number of amides is 1. The third kappa shape index (κ3) is 2.41.